The van der Waals surface area contributed by atoms with E-state index in [2.05, 4.69) is 106 Å². The molecule has 6 heteroatoms. The predicted octanol–water partition coefficient (Wildman–Crippen LogP) is 22.7. The van der Waals surface area contributed by atoms with Gasteiger partial charge in [0.1, 0.15) is 13.2 Å². The van der Waals surface area contributed by atoms with Crippen molar-refractivity contribution in [2.75, 3.05) is 13.2 Å². The Morgan fingerprint density at radius 3 is 0.831 bits per heavy atom. The van der Waals surface area contributed by atoms with Crippen molar-refractivity contribution in [2.24, 2.45) is 0 Å². The summed E-state index contributed by atoms with van der Waals surface area (Å²) >= 11 is 0. The SMILES string of the molecule is CC/C=C\C/C=C\C/C=C\C/C=C\CCCCCCCCCCCCCCCCCCC(=O)OCC(COC(=O)CCCCCCC/C=C\CCCCCCCC)OC(=O)CCCCCCC/C=C\C/C=C\CCCCC. The molecule has 0 aliphatic rings. The van der Waals surface area contributed by atoms with Crippen molar-refractivity contribution in [3.8, 4) is 0 Å². The average Bonchev–Trinajstić information content (AvgIpc) is 3.43. The summed E-state index contributed by atoms with van der Waals surface area (Å²) in [7, 11) is 0. The second kappa shape index (κ2) is 65.1. The average molecular weight is 1070 g/mol. The molecule has 6 nitrogen and oxygen atoms in total. The van der Waals surface area contributed by atoms with E-state index in [1.54, 1.807) is 0 Å². The third-order valence-electron chi connectivity index (χ3n) is 14.4. The number of ether oxygens (including phenoxy) is 3. The fourth-order valence-corrected chi connectivity index (χ4v) is 9.40. The van der Waals surface area contributed by atoms with Gasteiger partial charge in [0.25, 0.3) is 0 Å². The maximum Gasteiger partial charge on any atom is 0.306 e. The van der Waals surface area contributed by atoms with Gasteiger partial charge < -0.3 is 14.2 Å². The van der Waals surface area contributed by atoms with Crippen LogP contribution in [0.3, 0.4) is 0 Å². The van der Waals surface area contributed by atoms with Crippen LogP contribution in [-0.4, -0.2) is 37.2 Å². The number of allylic oxidation sites excluding steroid dienone is 14. The molecule has 0 saturated heterocycles. The van der Waals surface area contributed by atoms with E-state index in [1.807, 2.05) is 0 Å². The normalized spacial score (nSPS) is 12.6. The van der Waals surface area contributed by atoms with Crippen LogP contribution >= 0.6 is 0 Å². The highest BCUT2D eigenvalue weighted by atomic mass is 16.6. The van der Waals surface area contributed by atoms with Crippen molar-refractivity contribution < 1.29 is 28.6 Å². The molecule has 0 aromatic heterocycles. The molecule has 0 heterocycles. The Morgan fingerprint density at radius 2 is 0.506 bits per heavy atom. The van der Waals surface area contributed by atoms with Gasteiger partial charge in [0.05, 0.1) is 0 Å². The fourth-order valence-electron chi connectivity index (χ4n) is 9.40. The molecule has 0 radical (unpaired) electrons. The summed E-state index contributed by atoms with van der Waals surface area (Å²) in [6.07, 6.45) is 86.0. The lowest BCUT2D eigenvalue weighted by Gasteiger charge is -2.18. The predicted molar refractivity (Wildman–Crippen MR) is 334 cm³/mol. The zero-order valence-electron chi connectivity index (χ0n) is 51.0. The molecule has 0 amide bonds. The molecule has 0 rings (SSSR count). The van der Waals surface area contributed by atoms with Crippen LogP contribution in [0.4, 0.5) is 0 Å². The van der Waals surface area contributed by atoms with E-state index in [0.29, 0.717) is 19.3 Å². The van der Waals surface area contributed by atoms with E-state index in [9.17, 15) is 14.4 Å². The lowest BCUT2D eigenvalue weighted by Crippen LogP contribution is -2.30. The highest BCUT2D eigenvalue weighted by Gasteiger charge is 2.19. The van der Waals surface area contributed by atoms with Gasteiger partial charge in [-0.25, -0.2) is 0 Å². The molecule has 1 atom stereocenters. The topological polar surface area (TPSA) is 78.9 Å². The van der Waals surface area contributed by atoms with Crippen LogP contribution in [0, 0.1) is 0 Å². The van der Waals surface area contributed by atoms with Crippen LogP contribution < -0.4 is 0 Å². The maximum absolute atomic E-state index is 12.9. The summed E-state index contributed by atoms with van der Waals surface area (Å²) in [5.74, 6) is -0.891. The van der Waals surface area contributed by atoms with Gasteiger partial charge in [0.15, 0.2) is 6.10 Å². The van der Waals surface area contributed by atoms with Gasteiger partial charge in [-0.3, -0.25) is 14.4 Å². The molecule has 0 bridgehead atoms. The summed E-state index contributed by atoms with van der Waals surface area (Å²) in [4.78, 5) is 38.3. The number of rotatable bonds is 60. The number of unbranched alkanes of at least 4 members (excludes halogenated alkanes) is 35. The Morgan fingerprint density at radius 1 is 0.273 bits per heavy atom. The zero-order valence-corrected chi connectivity index (χ0v) is 51.0. The van der Waals surface area contributed by atoms with E-state index in [0.717, 1.165) is 116 Å². The molecule has 0 aliphatic carbocycles. The minimum atomic E-state index is -0.787. The van der Waals surface area contributed by atoms with Gasteiger partial charge in [0, 0.05) is 19.3 Å². The van der Waals surface area contributed by atoms with Crippen LogP contribution in [0.2, 0.25) is 0 Å². The van der Waals surface area contributed by atoms with Crippen LogP contribution in [0.5, 0.6) is 0 Å². The highest BCUT2D eigenvalue weighted by molar-refractivity contribution is 5.71. The zero-order chi connectivity index (χ0) is 55.7. The summed E-state index contributed by atoms with van der Waals surface area (Å²) in [6.45, 7) is 6.51. The van der Waals surface area contributed by atoms with E-state index in [-0.39, 0.29) is 31.1 Å². The largest absolute Gasteiger partial charge is 0.462 e. The summed E-state index contributed by atoms with van der Waals surface area (Å²) in [6, 6.07) is 0. The van der Waals surface area contributed by atoms with Gasteiger partial charge in [-0.1, -0.05) is 279 Å². The van der Waals surface area contributed by atoms with E-state index < -0.39 is 6.10 Å². The first-order valence-electron chi connectivity index (χ1n) is 33.1. The van der Waals surface area contributed by atoms with Crippen molar-refractivity contribution in [1.82, 2.24) is 0 Å². The molecule has 1 unspecified atom stereocenters. The number of hydrogen-bond acceptors (Lipinski definition) is 6. The Kier molecular flexibility index (Phi) is 62.2. The second-order valence-electron chi connectivity index (χ2n) is 22.0. The van der Waals surface area contributed by atoms with Crippen molar-refractivity contribution in [1.29, 1.82) is 0 Å². The number of esters is 3. The Labute approximate surface area is 477 Å². The number of carbonyl (C=O) groups excluding carboxylic acids is 3. The minimum Gasteiger partial charge on any atom is -0.462 e. The van der Waals surface area contributed by atoms with Crippen molar-refractivity contribution in [2.45, 2.75) is 335 Å². The van der Waals surface area contributed by atoms with Gasteiger partial charge >= 0.3 is 17.9 Å². The van der Waals surface area contributed by atoms with E-state index in [4.69, 9.17) is 14.2 Å². The van der Waals surface area contributed by atoms with Crippen LogP contribution in [0.15, 0.2) is 85.1 Å². The third kappa shape index (κ3) is 63.3. The summed E-state index contributed by atoms with van der Waals surface area (Å²) in [5, 5.41) is 0. The Bertz CT molecular complexity index is 1470. The van der Waals surface area contributed by atoms with Crippen molar-refractivity contribution in [3.05, 3.63) is 85.1 Å². The maximum atomic E-state index is 12.9. The molecule has 0 aromatic carbocycles. The lowest BCUT2D eigenvalue weighted by molar-refractivity contribution is -0.167. The fraction of sp³-hybridized carbons (Fsp3) is 0.761. The molecular weight excluding hydrogens is 949 g/mol. The van der Waals surface area contributed by atoms with Gasteiger partial charge in [-0.15, -0.1) is 0 Å². The highest BCUT2D eigenvalue weighted by Crippen LogP contribution is 2.17. The first-order valence-corrected chi connectivity index (χ1v) is 33.1. The Hall–Kier alpha value is -3.41. The quantitative estimate of drug-likeness (QED) is 0.0261. The van der Waals surface area contributed by atoms with Crippen molar-refractivity contribution >= 4 is 17.9 Å². The van der Waals surface area contributed by atoms with Gasteiger partial charge in [-0.05, 0) is 116 Å². The third-order valence-corrected chi connectivity index (χ3v) is 14.4. The van der Waals surface area contributed by atoms with Crippen molar-refractivity contribution in [3.63, 3.8) is 0 Å². The van der Waals surface area contributed by atoms with Crippen LogP contribution in [0.25, 0.3) is 0 Å². The molecule has 77 heavy (non-hydrogen) atoms. The van der Waals surface area contributed by atoms with Crippen LogP contribution in [-0.2, 0) is 28.6 Å². The molecule has 444 valence electrons. The first kappa shape index (κ1) is 73.6. The first-order chi connectivity index (χ1) is 38.0. The molecule has 0 spiro atoms. The molecule has 0 aromatic rings. The summed E-state index contributed by atoms with van der Waals surface area (Å²) in [5.41, 5.74) is 0. The van der Waals surface area contributed by atoms with Gasteiger partial charge in [-0.2, -0.15) is 0 Å². The molecule has 0 aliphatic heterocycles. The summed E-state index contributed by atoms with van der Waals surface area (Å²) < 4.78 is 16.9. The Balaban J connectivity index is 4.24. The smallest absolute Gasteiger partial charge is 0.306 e. The standard InChI is InChI=1S/C71H124O6/c1-4-7-10-13-16-19-22-25-28-29-30-31-32-33-34-35-36-37-38-39-40-41-44-46-49-52-55-58-61-64-70(73)76-67-68(77-71(74)65-62-59-56-53-50-47-43-27-24-21-18-15-12-9-6-3)66-75-69(72)63-60-57-54-51-48-45-42-26-23-20-17-14-11-8-5-2/h7,10,16,18-19,21,25-28,30-31,42-43,68H,4-6,8-9,11-15,17,20,22-24,29,32-41,44-67H2,1-3H3/b10-7-,19-16-,21-18-,28-25-,31-30-,42-26-,43-27-. The number of hydrogen-bond donors (Lipinski definition) is 0. The lowest BCUT2D eigenvalue weighted by atomic mass is 10.0. The van der Waals surface area contributed by atoms with E-state index in [1.165, 1.54) is 173 Å². The number of carbonyl (C=O) groups is 3. The minimum absolute atomic E-state index is 0.0822. The molecular formula is C71H124O6. The molecule has 0 N–H and O–H groups in total. The second-order valence-corrected chi connectivity index (χ2v) is 22.0. The van der Waals surface area contributed by atoms with Gasteiger partial charge in [0.2, 0.25) is 0 Å². The monoisotopic (exact) mass is 1070 g/mol. The molecule has 0 fully saturated rings. The van der Waals surface area contributed by atoms with E-state index >= 15 is 0 Å². The van der Waals surface area contributed by atoms with Crippen LogP contribution in [0.1, 0.15) is 329 Å². The molecule has 0 saturated carbocycles.